The van der Waals surface area contributed by atoms with Crippen molar-refractivity contribution in [1.29, 1.82) is 0 Å². The van der Waals surface area contributed by atoms with Crippen LogP contribution in [-0.4, -0.2) is 60.3 Å². The predicted molar refractivity (Wildman–Crippen MR) is 61.9 cm³/mol. The summed E-state index contributed by atoms with van der Waals surface area (Å²) in [4.78, 5) is 5.12. The number of hydrogen-bond acceptors (Lipinski definition) is 3. The van der Waals surface area contributed by atoms with Gasteiger partial charge in [-0.2, -0.15) is 0 Å². The Kier molecular flexibility index (Phi) is 4.00. The fraction of sp³-hybridized carbons (Fsp3) is 1.00. The molecule has 88 valence electrons. The molecule has 0 saturated carbocycles. The normalized spacial score (nSPS) is 26.8. The van der Waals surface area contributed by atoms with E-state index in [1.54, 1.807) is 0 Å². The van der Waals surface area contributed by atoms with E-state index in [9.17, 15) is 0 Å². The number of aliphatic hydroxyl groups is 1. The number of aliphatic hydroxyl groups excluding tert-OH is 1. The van der Waals surface area contributed by atoms with E-state index in [2.05, 4.69) is 16.7 Å². The number of nitrogens with zero attached hydrogens (tertiary/aromatic N) is 2. The van der Waals surface area contributed by atoms with Gasteiger partial charge in [-0.05, 0) is 38.3 Å². The lowest BCUT2D eigenvalue weighted by Gasteiger charge is -2.47. The number of hydrogen-bond donors (Lipinski definition) is 1. The molecule has 0 aromatic heterocycles. The molecule has 0 aromatic rings. The Balaban J connectivity index is 1.62. The van der Waals surface area contributed by atoms with Crippen molar-refractivity contribution in [3.8, 4) is 0 Å². The van der Waals surface area contributed by atoms with Gasteiger partial charge in [0, 0.05) is 32.3 Å². The lowest BCUT2D eigenvalue weighted by molar-refractivity contribution is 0.0134. The van der Waals surface area contributed by atoms with Crippen molar-refractivity contribution < 1.29 is 5.11 Å². The molecule has 0 aliphatic carbocycles. The third-order valence-corrected chi connectivity index (χ3v) is 3.90. The van der Waals surface area contributed by atoms with Crippen LogP contribution in [0.4, 0.5) is 0 Å². The van der Waals surface area contributed by atoms with Crippen LogP contribution in [0.3, 0.4) is 0 Å². The van der Waals surface area contributed by atoms with Crippen LogP contribution in [0.5, 0.6) is 0 Å². The monoisotopic (exact) mass is 212 g/mol. The molecule has 0 unspecified atom stereocenters. The first-order valence-corrected chi connectivity index (χ1v) is 6.37. The van der Waals surface area contributed by atoms with Crippen molar-refractivity contribution in [2.75, 3.05) is 39.3 Å². The Morgan fingerprint density at radius 3 is 2.47 bits per heavy atom. The van der Waals surface area contributed by atoms with Crippen LogP contribution in [0, 0.1) is 5.92 Å². The second-order valence-electron chi connectivity index (χ2n) is 5.21. The van der Waals surface area contributed by atoms with Gasteiger partial charge in [0.1, 0.15) is 0 Å². The Morgan fingerprint density at radius 1 is 1.20 bits per heavy atom. The summed E-state index contributed by atoms with van der Waals surface area (Å²) in [5.74, 6) is 0.937. The quantitative estimate of drug-likeness (QED) is 0.746. The topological polar surface area (TPSA) is 26.7 Å². The molecule has 0 amide bonds. The van der Waals surface area contributed by atoms with Crippen LogP contribution in [0.2, 0.25) is 0 Å². The number of piperidine rings is 1. The van der Waals surface area contributed by atoms with Crippen molar-refractivity contribution in [2.24, 2.45) is 5.92 Å². The first kappa shape index (κ1) is 11.4. The average molecular weight is 212 g/mol. The molecule has 3 heteroatoms. The Hall–Kier alpha value is -0.120. The van der Waals surface area contributed by atoms with Crippen molar-refractivity contribution in [1.82, 2.24) is 9.80 Å². The Labute approximate surface area is 93.1 Å². The smallest absolute Gasteiger partial charge is 0.0443 e. The molecule has 0 aromatic carbocycles. The highest BCUT2D eigenvalue weighted by Gasteiger charge is 2.32. The molecule has 0 radical (unpaired) electrons. The van der Waals surface area contributed by atoms with Crippen LogP contribution in [-0.2, 0) is 0 Å². The van der Waals surface area contributed by atoms with Gasteiger partial charge in [-0.25, -0.2) is 0 Å². The van der Waals surface area contributed by atoms with Crippen LogP contribution < -0.4 is 0 Å². The van der Waals surface area contributed by atoms with Crippen molar-refractivity contribution in [3.05, 3.63) is 0 Å². The maximum atomic E-state index is 8.74. The number of rotatable bonds is 4. The molecule has 0 atom stereocenters. The fourth-order valence-corrected chi connectivity index (χ4v) is 2.64. The van der Waals surface area contributed by atoms with Crippen LogP contribution in [0.25, 0.3) is 0 Å². The van der Waals surface area contributed by atoms with Gasteiger partial charge >= 0.3 is 0 Å². The highest BCUT2D eigenvalue weighted by molar-refractivity contribution is 4.89. The highest BCUT2D eigenvalue weighted by atomic mass is 16.3. The minimum atomic E-state index is 0.336. The van der Waals surface area contributed by atoms with Gasteiger partial charge in [0.05, 0.1) is 0 Å². The van der Waals surface area contributed by atoms with Crippen LogP contribution in [0.15, 0.2) is 0 Å². The minimum Gasteiger partial charge on any atom is -0.396 e. The predicted octanol–water partition coefficient (Wildman–Crippen LogP) is 0.785. The molecule has 2 heterocycles. The van der Waals surface area contributed by atoms with Gasteiger partial charge in [0.25, 0.3) is 0 Å². The molecule has 0 bridgehead atoms. The molecule has 2 aliphatic rings. The molecule has 2 fully saturated rings. The van der Waals surface area contributed by atoms with E-state index in [0.717, 1.165) is 24.9 Å². The summed E-state index contributed by atoms with van der Waals surface area (Å²) in [6, 6.07) is 0.816. The lowest BCUT2D eigenvalue weighted by atomic mass is 9.96. The average Bonchev–Trinajstić information content (AvgIpc) is 2.18. The van der Waals surface area contributed by atoms with Crippen molar-refractivity contribution >= 4 is 0 Å². The van der Waals surface area contributed by atoms with Gasteiger partial charge in [-0.1, -0.05) is 6.92 Å². The van der Waals surface area contributed by atoms with E-state index < -0.39 is 0 Å². The maximum Gasteiger partial charge on any atom is 0.0443 e. The molecule has 1 N–H and O–H groups in total. The molecule has 2 aliphatic heterocycles. The van der Waals surface area contributed by atoms with E-state index in [1.807, 2.05) is 0 Å². The first-order valence-electron chi connectivity index (χ1n) is 6.37. The largest absolute Gasteiger partial charge is 0.396 e. The zero-order chi connectivity index (χ0) is 10.7. The summed E-state index contributed by atoms with van der Waals surface area (Å²) >= 11 is 0. The minimum absolute atomic E-state index is 0.336. The van der Waals surface area contributed by atoms with Crippen molar-refractivity contribution in [2.45, 2.75) is 32.2 Å². The first-order chi connectivity index (χ1) is 7.29. The summed E-state index contributed by atoms with van der Waals surface area (Å²) in [6.45, 7) is 8.85. The standard InChI is InChI=1S/C12H24N2O/c1-11-3-6-14(7-4-11)12-9-13(10-12)5-2-8-15/h11-12,15H,2-10H2,1H3. The van der Waals surface area contributed by atoms with E-state index in [0.29, 0.717) is 6.61 Å². The van der Waals surface area contributed by atoms with E-state index in [-0.39, 0.29) is 0 Å². The molecule has 2 saturated heterocycles. The summed E-state index contributed by atoms with van der Waals surface area (Å²) in [5.41, 5.74) is 0. The zero-order valence-corrected chi connectivity index (χ0v) is 9.86. The number of likely N-dealkylation sites (tertiary alicyclic amines) is 2. The second-order valence-corrected chi connectivity index (χ2v) is 5.21. The maximum absolute atomic E-state index is 8.74. The van der Waals surface area contributed by atoms with E-state index >= 15 is 0 Å². The fourth-order valence-electron chi connectivity index (χ4n) is 2.64. The SMILES string of the molecule is CC1CCN(C2CN(CCCO)C2)CC1. The molecule has 0 spiro atoms. The van der Waals surface area contributed by atoms with Gasteiger partial charge in [0.2, 0.25) is 0 Å². The summed E-state index contributed by atoms with van der Waals surface area (Å²) in [5, 5.41) is 8.74. The van der Waals surface area contributed by atoms with Gasteiger partial charge in [0.15, 0.2) is 0 Å². The van der Waals surface area contributed by atoms with Crippen molar-refractivity contribution in [3.63, 3.8) is 0 Å². The highest BCUT2D eigenvalue weighted by Crippen LogP contribution is 2.22. The third-order valence-electron chi connectivity index (χ3n) is 3.90. The third kappa shape index (κ3) is 2.92. The Bertz CT molecular complexity index is 184. The molecular formula is C12H24N2O. The van der Waals surface area contributed by atoms with Gasteiger partial charge in [-0.3, -0.25) is 4.90 Å². The van der Waals surface area contributed by atoms with Gasteiger partial charge in [-0.15, -0.1) is 0 Å². The van der Waals surface area contributed by atoms with E-state index in [1.165, 1.54) is 39.0 Å². The van der Waals surface area contributed by atoms with E-state index in [4.69, 9.17) is 5.11 Å². The lowest BCUT2D eigenvalue weighted by Crippen LogP contribution is -2.60. The summed E-state index contributed by atoms with van der Waals surface area (Å²) in [7, 11) is 0. The molecule has 3 nitrogen and oxygen atoms in total. The van der Waals surface area contributed by atoms with Crippen LogP contribution in [0.1, 0.15) is 26.2 Å². The second kappa shape index (κ2) is 5.28. The summed E-state index contributed by atoms with van der Waals surface area (Å²) < 4.78 is 0. The van der Waals surface area contributed by atoms with Gasteiger partial charge < -0.3 is 10.0 Å². The molecule has 15 heavy (non-hydrogen) atoms. The van der Waals surface area contributed by atoms with Crippen LogP contribution >= 0.6 is 0 Å². The Morgan fingerprint density at radius 2 is 1.87 bits per heavy atom. The molecule has 2 rings (SSSR count). The molecular weight excluding hydrogens is 188 g/mol. The zero-order valence-electron chi connectivity index (χ0n) is 9.86. The summed E-state index contributed by atoms with van der Waals surface area (Å²) in [6.07, 6.45) is 3.70.